The fourth-order valence-corrected chi connectivity index (χ4v) is 8.21. The molecule has 5 rings (SSSR count). The van der Waals surface area contributed by atoms with Gasteiger partial charge in [-0.3, -0.25) is 0 Å². The first kappa shape index (κ1) is 38.2. The number of amides is 1. The van der Waals surface area contributed by atoms with Crippen LogP contribution < -0.4 is 13.8 Å². The molecule has 1 saturated heterocycles. The third-order valence-electron chi connectivity index (χ3n) is 8.72. The summed E-state index contributed by atoms with van der Waals surface area (Å²) in [7, 11) is -3.18. The number of methoxy groups -OCH3 is 1. The van der Waals surface area contributed by atoms with Crippen LogP contribution in [0.5, 0.6) is 11.5 Å². The van der Waals surface area contributed by atoms with Gasteiger partial charge in [0.15, 0.2) is 11.6 Å². The normalized spacial score (nSPS) is 14.6. The summed E-state index contributed by atoms with van der Waals surface area (Å²) >= 11 is 6.74. The zero-order chi connectivity index (χ0) is 37.1. The summed E-state index contributed by atoms with van der Waals surface area (Å²) in [4.78, 5) is 17.4. The number of aryl methyl sites for hydroxylation is 1. The summed E-state index contributed by atoms with van der Waals surface area (Å²) in [6.45, 7) is 7.33. The molecule has 0 radical (unpaired) electrons. The number of ether oxygens (including phenoxy) is 3. The lowest BCUT2D eigenvalue weighted by Crippen LogP contribution is -2.47. The van der Waals surface area contributed by atoms with Gasteiger partial charge in [-0.1, -0.05) is 23.7 Å². The molecule has 16 heteroatoms. The maximum Gasteiger partial charge on any atom is 0.410 e. The zero-order valence-corrected chi connectivity index (χ0v) is 31.1. The third kappa shape index (κ3) is 8.70. The van der Waals surface area contributed by atoms with Crippen molar-refractivity contribution in [1.29, 1.82) is 0 Å². The number of carbonyl (C=O) groups is 1. The van der Waals surface area contributed by atoms with Crippen LogP contribution in [-0.4, -0.2) is 61.2 Å². The van der Waals surface area contributed by atoms with Gasteiger partial charge in [0.25, 0.3) is 10.0 Å². The summed E-state index contributed by atoms with van der Waals surface area (Å²) in [5, 5.41) is -0.0836. The molecule has 51 heavy (non-hydrogen) atoms. The van der Waals surface area contributed by atoms with Crippen LogP contribution in [0, 0.1) is 24.4 Å². The van der Waals surface area contributed by atoms with Crippen LogP contribution in [0.3, 0.4) is 0 Å². The van der Waals surface area contributed by atoms with Crippen molar-refractivity contribution in [1.82, 2.24) is 14.3 Å². The fourth-order valence-electron chi connectivity index (χ4n) is 5.91. The number of benzene rings is 3. The van der Waals surface area contributed by atoms with Gasteiger partial charge in [-0.2, -0.15) is 4.37 Å². The van der Waals surface area contributed by atoms with E-state index in [1.54, 1.807) is 56.9 Å². The number of nitrogens with zero attached hydrogens (tertiary/aromatic N) is 4. The van der Waals surface area contributed by atoms with Gasteiger partial charge in [-0.15, -0.1) is 0 Å². The minimum Gasteiger partial charge on any atom is -0.497 e. The maximum absolute atomic E-state index is 15.7. The predicted molar refractivity (Wildman–Crippen MR) is 188 cm³/mol. The first-order valence-electron chi connectivity index (χ1n) is 16.0. The van der Waals surface area contributed by atoms with Gasteiger partial charge in [0.05, 0.1) is 25.3 Å². The van der Waals surface area contributed by atoms with E-state index < -0.39 is 55.2 Å². The first-order chi connectivity index (χ1) is 24.0. The number of halogens is 4. The lowest BCUT2D eigenvalue weighted by molar-refractivity contribution is 0.0151. The molecule has 2 heterocycles. The van der Waals surface area contributed by atoms with Crippen LogP contribution in [0.25, 0.3) is 0 Å². The summed E-state index contributed by atoms with van der Waals surface area (Å²) in [6.07, 6.45) is 1.75. The Bertz CT molecular complexity index is 1990. The molecule has 1 aromatic heterocycles. The predicted octanol–water partition coefficient (Wildman–Crippen LogP) is 8.06. The van der Waals surface area contributed by atoms with Gasteiger partial charge < -0.3 is 19.1 Å². The molecule has 1 aliphatic rings. The molecule has 0 aliphatic carbocycles. The average molecular weight is 767 g/mol. The highest BCUT2D eigenvalue weighted by Crippen LogP contribution is 2.41. The Morgan fingerprint density at radius 2 is 1.76 bits per heavy atom. The molecule has 10 nitrogen and oxygen atoms in total. The number of sulfonamides is 1. The number of anilines is 1. The lowest BCUT2D eigenvalue weighted by atomic mass is 9.70. The summed E-state index contributed by atoms with van der Waals surface area (Å²) in [5.41, 5.74) is 0.530. The van der Waals surface area contributed by atoms with E-state index in [4.69, 9.17) is 25.8 Å². The van der Waals surface area contributed by atoms with Crippen molar-refractivity contribution in [3.05, 3.63) is 94.0 Å². The van der Waals surface area contributed by atoms with E-state index in [0.29, 0.717) is 60.5 Å². The molecular formula is C35H38ClF3N4O6S2. The second-order valence-corrected chi connectivity index (χ2v) is 16.2. The van der Waals surface area contributed by atoms with Crippen LogP contribution in [0.4, 0.5) is 23.1 Å². The molecule has 0 N–H and O–H groups in total. The quantitative estimate of drug-likeness (QED) is 0.151. The zero-order valence-electron chi connectivity index (χ0n) is 28.7. The number of aromatic nitrogens is 2. The number of likely N-dealkylation sites (tertiary alicyclic amines) is 1. The molecule has 0 spiro atoms. The van der Waals surface area contributed by atoms with Crippen molar-refractivity contribution in [2.75, 3.05) is 31.1 Å². The fraction of sp³-hybridized carbons (Fsp3) is 0.400. The van der Waals surface area contributed by atoms with Gasteiger partial charge in [0, 0.05) is 42.2 Å². The van der Waals surface area contributed by atoms with E-state index in [9.17, 15) is 17.6 Å². The van der Waals surface area contributed by atoms with Crippen LogP contribution in [0.15, 0.2) is 59.8 Å². The van der Waals surface area contributed by atoms with Crippen LogP contribution >= 0.6 is 23.1 Å². The number of hydrogen-bond donors (Lipinski definition) is 0. The molecule has 1 aliphatic heterocycles. The molecule has 0 atom stereocenters. The Labute approximate surface area is 304 Å². The SMILES string of the molecule is COc1ccc(CN(c2ncns2)S(=O)(=O)c2cc(F)c(OCCC3(c4ccc(Cl)c(F)c4)CCN(C(=O)OC(C)(C)C)CC3)cc2F)c(C)c1. The van der Waals surface area contributed by atoms with Crippen molar-refractivity contribution in [3.63, 3.8) is 0 Å². The largest absolute Gasteiger partial charge is 0.497 e. The monoisotopic (exact) mass is 766 g/mol. The van der Waals surface area contributed by atoms with Gasteiger partial charge in [0.2, 0.25) is 5.13 Å². The maximum atomic E-state index is 15.7. The highest BCUT2D eigenvalue weighted by Gasteiger charge is 2.39. The number of carbonyl (C=O) groups excluding carboxylic acids is 1. The molecule has 0 bridgehead atoms. The molecule has 1 amide bonds. The van der Waals surface area contributed by atoms with E-state index in [2.05, 4.69) is 9.36 Å². The molecule has 274 valence electrons. The summed E-state index contributed by atoms with van der Waals surface area (Å²) < 4.78 is 94.9. The van der Waals surface area contributed by atoms with E-state index in [-0.39, 0.29) is 29.7 Å². The number of piperidine rings is 1. The Balaban J connectivity index is 1.36. The third-order valence-corrected chi connectivity index (χ3v) is 11.6. The van der Waals surface area contributed by atoms with Crippen molar-refractivity contribution in [3.8, 4) is 11.5 Å². The van der Waals surface area contributed by atoms with E-state index >= 15 is 8.78 Å². The Kier molecular flexibility index (Phi) is 11.4. The van der Waals surface area contributed by atoms with Gasteiger partial charge in [-0.25, -0.2) is 35.7 Å². The van der Waals surface area contributed by atoms with Gasteiger partial charge in [-0.05, 0) is 87.9 Å². The standard InChI is InChI=1S/C35H38ClF3N4O6S2/c1-22-16-25(47-5)8-6-23(22)20-43(32-40-21-41-50-32)51(45,46)31-19-28(38)30(18-29(31)39)48-15-12-35(24-7-9-26(36)27(37)17-24)10-13-42(14-11-35)33(44)49-34(2,3)4/h6-9,16-19,21H,10-15,20H2,1-5H3. The number of hydrogen-bond acceptors (Lipinski definition) is 9. The first-order valence-corrected chi connectivity index (χ1v) is 18.6. The topological polar surface area (TPSA) is 111 Å². The van der Waals surface area contributed by atoms with Crippen LogP contribution in [0.1, 0.15) is 56.7 Å². The summed E-state index contributed by atoms with van der Waals surface area (Å²) in [6, 6.07) is 10.8. The summed E-state index contributed by atoms with van der Waals surface area (Å²) in [5.74, 6) is -2.86. The second kappa shape index (κ2) is 15.3. The molecule has 3 aromatic carbocycles. The van der Waals surface area contributed by atoms with Crippen LogP contribution in [-0.2, 0) is 26.7 Å². The van der Waals surface area contributed by atoms with E-state index in [1.165, 1.54) is 25.6 Å². The minimum atomic E-state index is -4.69. The van der Waals surface area contributed by atoms with E-state index in [0.717, 1.165) is 15.8 Å². The van der Waals surface area contributed by atoms with Crippen molar-refractivity contribution >= 4 is 44.4 Å². The van der Waals surface area contributed by atoms with Crippen molar-refractivity contribution < 1.29 is 40.6 Å². The Hall–Kier alpha value is -4.08. The minimum absolute atomic E-state index is 0.0352. The molecule has 1 fully saturated rings. The Morgan fingerprint density at radius 1 is 1.04 bits per heavy atom. The smallest absolute Gasteiger partial charge is 0.410 e. The van der Waals surface area contributed by atoms with Gasteiger partial charge in [0.1, 0.15) is 34.2 Å². The molecule has 4 aromatic rings. The van der Waals surface area contributed by atoms with Gasteiger partial charge >= 0.3 is 6.09 Å². The highest BCUT2D eigenvalue weighted by molar-refractivity contribution is 7.93. The van der Waals surface area contributed by atoms with E-state index in [1.807, 2.05) is 0 Å². The average Bonchev–Trinajstić information content (AvgIpc) is 3.60. The molecule has 0 saturated carbocycles. The second-order valence-electron chi connectivity index (χ2n) is 13.2. The number of rotatable bonds is 11. The van der Waals surface area contributed by atoms with Crippen LogP contribution in [0.2, 0.25) is 5.02 Å². The van der Waals surface area contributed by atoms with Crippen molar-refractivity contribution in [2.45, 2.75) is 69.4 Å². The molecular weight excluding hydrogens is 729 g/mol. The molecule has 0 unspecified atom stereocenters. The Morgan fingerprint density at radius 3 is 2.37 bits per heavy atom. The lowest BCUT2D eigenvalue weighted by Gasteiger charge is -2.42. The van der Waals surface area contributed by atoms with Crippen molar-refractivity contribution in [2.24, 2.45) is 0 Å². The highest BCUT2D eigenvalue weighted by atomic mass is 35.5.